The fourth-order valence-corrected chi connectivity index (χ4v) is 3.28. The Morgan fingerprint density at radius 1 is 1.15 bits per heavy atom. The minimum Gasteiger partial charge on any atom is -0.352 e. The maximum absolute atomic E-state index is 12.1. The smallest absolute Gasteiger partial charge is 0.251 e. The molecule has 0 saturated carbocycles. The lowest BCUT2D eigenvalue weighted by atomic mass is 10.1. The standard InChI is InChI=1S/C20H23N3O2S/c1-14-9-10-16(13-15(14)2)20(24)21-11-5-3-4-8-18-22-19(23-25-18)17-7-6-12-26-17/h6-7,9-10,12-13H,3-5,8,11H2,1-2H3,(H,21,24). The second-order valence-corrected chi connectivity index (χ2v) is 7.30. The SMILES string of the molecule is Cc1ccc(C(=O)NCCCCCc2nc(-c3cccs3)no2)cc1C. The summed E-state index contributed by atoms with van der Waals surface area (Å²) in [6, 6.07) is 9.75. The summed E-state index contributed by atoms with van der Waals surface area (Å²) in [4.78, 5) is 17.6. The molecular weight excluding hydrogens is 346 g/mol. The number of carbonyl (C=O) groups is 1. The Morgan fingerprint density at radius 2 is 2.04 bits per heavy atom. The zero-order valence-corrected chi connectivity index (χ0v) is 15.9. The molecule has 0 fully saturated rings. The van der Waals surface area contributed by atoms with E-state index in [0.717, 1.165) is 41.7 Å². The van der Waals surface area contributed by atoms with Crippen LogP contribution in [-0.4, -0.2) is 22.6 Å². The minimum absolute atomic E-state index is 0.00871. The van der Waals surface area contributed by atoms with E-state index in [1.165, 1.54) is 5.56 Å². The zero-order valence-electron chi connectivity index (χ0n) is 15.1. The molecule has 0 aliphatic rings. The Morgan fingerprint density at radius 3 is 2.81 bits per heavy atom. The molecule has 0 aliphatic carbocycles. The molecule has 2 heterocycles. The van der Waals surface area contributed by atoms with E-state index >= 15 is 0 Å². The number of nitrogens with zero attached hydrogens (tertiary/aromatic N) is 2. The highest BCUT2D eigenvalue weighted by molar-refractivity contribution is 7.13. The molecule has 1 N–H and O–H groups in total. The maximum atomic E-state index is 12.1. The number of carbonyl (C=O) groups excluding carboxylic acids is 1. The Bertz CT molecular complexity index is 856. The highest BCUT2D eigenvalue weighted by Crippen LogP contribution is 2.21. The summed E-state index contributed by atoms with van der Waals surface area (Å²) >= 11 is 1.60. The van der Waals surface area contributed by atoms with E-state index in [-0.39, 0.29) is 5.91 Å². The van der Waals surface area contributed by atoms with Gasteiger partial charge in [-0.3, -0.25) is 4.79 Å². The van der Waals surface area contributed by atoms with Crippen molar-refractivity contribution in [2.75, 3.05) is 6.54 Å². The molecule has 5 nitrogen and oxygen atoms in total. The van der Waals surface area contributed by atoms with Crippen molar-refractivity contribution >= 4 is 17.2 Å². The summed E-state index contributed by atoms with van der Waals surface area (Å²) in [6.45, 7) is 4.74. The van der Waals surface area contributed by atoms with Crippen LogP contribution in [0, 0.1) is 13.8 Å². The number of nitrogens with one attached hydrogen (secondary N) is 1. The third kappa shape index (κ3) is 4.79. The van der Waals surface area contributed by atoms with Gasteiger partial charge in [0.25, 0.3) is 5.91 Å². The second kappa shape index (κ2) is 8.76. The Balaban J connectivity index is 1.34. The maximum Gasteiger partial charge on any atom is 0.251 e. The van der Waals surface area contributed by atoms with Crippen LogP contribution in [0.3, 0.4) is 0 Å². The van der Waals surface area contributed by atoms with Crippen molar-refractivity contribution in [3.8, 4) is 10.7 Å². The summed E-state index contributed by atoms with van der Waals surface area (Å²) in [7, 11) is 0. The highest BCUT2D eigenvalue weighted by atomic mass is 32.1. The van der Waals surface area contributed by atoms with E-state index in [0.29, 0.717) is 18.3 Å². The minimum atomic E-state index is -0.00871. The molecular formula is C20H23N3O2S. The van der Waals surface area contributed by atoms with Gasteiger partial charge in [-0.05, 0) is 61.4 Å². The van der Waals surface area contributed by atoms with Gasteiger partial charge >= 0.3 is 0 Å². The van der Waals surface area contributed by atoms with Crippen molar-refractivity contribution in [3.63, 3.8) is 0 Å². The van der Waals surface area contributed by atoms with Gasteiger partial charge in [-0.1, -0.05) is 23.7 Å². The van der Waals surface area contributed by atoms with Crippen LogP contribution >= 0.6 is 11.3 Å². The number of thiophene rings is 1. The molecule has 6 heteroatoms. The number of unbranched alkanes of at least 4 members (excludes halogenated alkanes) is 2. The van der Waals surface area contributed by atoms with Gasteiger partial charge in [-0.15, -0.1) is 11.3 Å². The highest BCUT2D eigenvalue weighted by Gasteiger charge is 2.09. The number of aromatic nitrogens is 2. The van der Waals surface area contributed by atoms with E-state index < -0.39 is 0 Å². The molecule has 0 aliphatic heterocycles. The van der Waals surface area contributed by atoms with Crippen molar-refractivity contribution in [2.45, 2.75) is 39.5 Å². The zero-order chi connectivity index (χ0) is 18.4. The van der Waals surface area contributed by atoms with Gasteiger partial charge in [0.1, 0.15) is 0 Å². The van der Waals surface area contributed by atoms with Crippen molar-refractivity contribution < 1.29 is 9.32 Å². The third-order valence-corrected chi connectivity index (χ3v) is 5.20. The van der Waals surface area contributed by atoms with Crippen molar-refractivity contribution in [2.24, 2.45) is 0 Å². The molecule has 1 aromatic carbocycles. The van der Waals surface area contributed by atoms with Crippen molar-refractivity contribution in [1.82, 2.24) is 15.5 Å². The van der Waals surface area contributed by atoms with Crippen LogP contribution in [-0.2, 0) is 6.42 Å². The first kappa shape index (κ1) is 18.3. The Labute approximate surface area is 157 Å². The van der Waals surface area contributed by atoms with Gasteiger partial charge in [0, 0.05) is 18.5 Å². The summed E-state index contributed by atoms with van der Waals surface area (Å²) in [5.74, 6) is 1.33. The molecule has 0 unspecified atom stereocenters. The van der Waals surface area contributed by atoms with Crippen LogP contribution in [0.2, 0.25) is 0 Å². The van der Waals surface area contributed by atoms with Crippen LogP contribution in [0.4, 0.5) is 0 Å². The summed E-state index contributed by atoms with van der Waals surface area (Å²) in [6.07, 6.45) is 3.67. The molecule has 0 saturated heterocycles. The molecule has 0 bridgehead atoms. The fraction of sp³-hybridized carbons (Fsp3) is 0.350. The van der Waals surface area contributed by atoms with Gasteiger partial charge < -0.3 is 9.84 Å². The molecule has 0 radical (unpaired) electrons. The molecule has 1 amide bonds. The van der Waals surface area contributed by atoms with Gasteiger partial charge in [-0.25, -0.2) is 0 Å². The third-order valence-electron chi connectivity index (χ3n) is 4.33. The average molecular weight is 369 g/mol. The monoisotopic (exact) mass is 369 g/mol. The first-order chi connectivity index (χ1) is 12.6. The summed E-state index contributed by atoms with van der Waals surface area (Å²) in [5, 5.41) is 8.99. The summed E-state index contributed by atoms with van der Waals surface area (Å²) < 4.78 is 5.29. The van der Waals surface area contributed by atoms with E-state index in [1.807, 2.05) is 49.6 Å². The second-order valence-electron chi connectivity index (χ2n) is 6.35. The molecule has 3 aromatic rings. The fourth-order valence-electron chi connectivity index (χ4n) is 2.63. The molecule has 0 spiro atoms. The molecule has 3 rings (SSSR count). The van der Waals surface area contributed by atoms with Gasteiger partial charge in [0.05, 0.1) is 4.88 Å². The molecule has 26 heavy (non-hydrogen) atoms. The number of benzene rings is 1. The van der Waals surface area contributed by atoms with Crippen LogP contribution in [0.15, 0.2) is 40.2 Å². The van der Waals surface area contributed by atoms with Gasteiger partial charge in [-0.2, -0.15) is 4.98 Å². The van der Waals surface area contributed by atoms with Gasteiger partial charge in [0.15, 0.2) is 0 Å². The van der Waals surface area contributed by atoms with E-state index in [4.69, 9.17) is 4.52 Å². The van der Waals surface area contributed by atoms with Crippen LogP contribution in [0.1, 0.15) is 46.6 Å². The Hall–Kier alpha value is -2.47. The quantitative estimate of drug-likeness (QED) is 0.591. The number of rotatable bonds is 8. The lowest BCUT2D eigenvalue weighted by Gasteiger charge is -2.07. The van der Waals surface area contributed by atoms with E-state index in [2.05, 4.69) is 15.5 Å². The van der Waals surface area contributed by atoms with E-state index in [9.17, 15) is 4.79 Å². The number of hydrogen-bond donors (Lipinski definition) is 1. The molecule has 0 atom stereocenters. The van der Waals surface area contributed by atoms with Gasteiger partial charge in [0.2, 0.25) is 11.7 Å². The van der Waals surface area contributed by atoms with Crippen LogP contribution < -0.4 is 5.32 Å². The predicted molar refractivity (Wildman–Crippen MR) is 103 cm³/mol. The Kier molecular flexibility index (Phi) is 6.17. The molecule has 2 aromatic heterocycles. The van der Waals surface area contributed by atoms with Crippen LogP contribution in [0.5, 0.6) is 0 Å². The largest absolute Gasteiger partial charge is 0.352 e. The van der Waals surface area contributed by atoms with Crippen molar-refractivity contribution in [1.29, 1.82) is 0 Å². The number of amides is 1. The average Bonchev–Trinajstić information content (AvgIpc) is 3.31. The number of aryl methyl sites for hydroxylation is 3. The first-order valence-corrected chi connectivity index (χ1v) is 9.73. The van der Waals surface area contributed by atoms with Crippen molar-refractivity contribution in [3.05, 3.63) is 58.3 Å². The lowest BCUT2D eigenvalue weighted by Crippen LogP contribution is -2.24. The predicted octanol–water partition coefficient (Wildman–Crippen LogP) is 4.56. The van der Waals surface area contributed by atoms with E-state index in [1.54, 1.807) is 11.3 Å². The normalized spacial score (nSPS) is 10.8. The topological polar surface area (TPSA) is 68.0 Å². The number of hydrogen-bond acceptors (Lipinski definition) is 5. The van der Waals surface area contributed by atoms with Crippen LogP contribution in [0.25, 0.3) is 10.7 Å². The first-order valence-electron chi connectivity index (χ1n) is 8.85. The molecule has 136 valence electrons. The summed E-state index contributed by atoms with van der Waals surface area (Å²) in [5.41, 5.74) is 3.06. The lowest BCUT2D eigenvalue weighted by molar-refractivity contribution is 0.0953.